The average molecular weight is 331 g/mol. The summed E-state index contributed by atoms with van der Waals surface area (Å²) in [4.78, 5) is 22.7. The standard InChI is InChI=1S/C17H19ClN4O/c1-12-10-16(20-11-19-12)21-13-6-8-22(9-7-13)17(23)14-4-2-3-5-15(14)18/h2-5,10-11,13H,6-9H2,1H3,(H,19,20,21). The number of benzene rings is 1. The lowest BCUT2D eigenvalue weighted by Crippen LogP contribution is -2.42. The van der Waals surface area contributed by atoms with Crippen molar-refractivity contribution in [2.45, 2.75) is 25.8 Å². The van der Waals surface area contributed by atoms with Crippen molar-refractivity contribution in [3.63, 3.8) is 0 Å². The smallest absolute Gasteiger partial charge is 0.255 e. The van der Waals surface area contributed by atoms with Crippen LogP contribution < -0.4 is 5.32 Å². The zero-order valence-electron chi connectivity index (χ0n) is 13.0. The van der Waals surface area contributed by atoms with Gasteiger partial charge < -0.3 is 10.2 Å². The number of carbonyl (C=O) groups excluding carboxylic acids is 1. The molecule has 3 rings (SSSR count). The van der Waals surface area contributed by atoms with Gasteiger partial charge in [0.05, 0.1) is 10.6 Å². The molecule has 1 fully saturated rings. The van der Waals surface area contributed by atoms with Crippen LogP contribution in [0.1, 0.15) is 28.9 Å². The highest BCUT2D eigenvalue weighted by molar-refractivity contribution is 6.33. The third-order valence-corrected chi connectivity index (χ3v) is 4.37. The number of halogens is 1. The van der Waals surface area contributed by atoms with E-state index in [2.05, 4.69) is 15.3 Å². The van der Waals surface area contributed by atoms with Crippen LogP contribution in [0.2, 0.25) is 5.02 Å². The number of hydrogen-bond acceptors (Lipinski definition) is 4. The summed E-state index contributed by atoms with van der Waals surface area (Å²) in [6, 6.07) is 9.45. The molecule has 120 valence electrons. The Hall–Kier alpha value is -2.14. The van der Waals surface area contributed by atoms with Gasteiger partial charge in [-0.2, -0.15) is 0 Å². The topological polar surface area (TPSA) is 58.1 Å². The minimum Gasteiger partial charge on any atom is -0.367 e. The lowest BCUT2D eigenvalue weighted by atomic mass is 10.0. The van der Waals surface area contributed by atoms with Crippen LogP contribution in [-0.2, 0) is 0 Å². The van der Waals surface area contributed by atoms with E-state index < -0.39 is 0 Å². The first-order chi connectivity index (χ1) is 11.1. The second-order valence-corrected chi connectivity index (χ2v) is 6.14. The predicted octanol–water partition coefficient (Wildman–Crippen LogP) is 3.16. The number of aromatic nitrogens is 2. The van der Waals surface area contributed by atoms with E-state index in [0.29, 0.717) is 29.7 Å². The highest BCUT2D eigenvalue weighted by Crippen LogP contribution is 2.21. The molecule has 0 aliphatic carbocycles. The molecule has 2 heterocycles. The summed E-state index contributed by atoms with van der Waals surface area (Å²) in [5, 5.41) is 3.93. The molecule has 1 aromatic carbocycles. The molecule has 0 atom stereocenters. The number of nitrogens with zero attached hydrogens (tertiary/aromatic N) is 3. The van der Waals surface area contributed by atoms with Gasteiger partial charge >= 0.3 is 0 Å². The second kappa shape index (κ2) is 6.96. The third kappa shape index (κ3) is 3.79. The molecule has 0 radical (unpaired) electrons. The van der Waals surface area contributed by atoms with E-state index in [4.69, 9.17) is 11.6 Å². The molecule has 1 aliphatic heterocycles. The van der Waals surface area contributed by atoms with Gasteiger partial charge in [0.2, 0.25) is 0 Å². The molecule has 1 saturated heterocycles. The van der Waals surface area contributed by atoms with Crippen molar-refractivity contribution in [3.8, 4) is 0 Å². The fourth-order valence-electron chi connectivity index (χ4n) is 2.77. The Labute approximate surface area is 140 Å². The lowest BCUT2D eigenvalue weighted by molar-refractivity contribution is 0.0718. The van der Waals surface area contributed by atoms with Gasteiger partial charge in [0.15, 0.2) is 0 Å². The summed E-state index contributed by atoms with van der Waals surface area (Å²) in [5.74, 6) is 0.848. The minimum absolute atomic E-state index is 0.00642. The van der Waals surface area contributed by atoms with Crippen molar-refractivity contribution in [3.05, 3.63) is 52.9 Å². The van der Waals surface area contributed by atoms with E-state index in [1.54, 1.807) is 18.5 Å². The number of rotatable bonds is 3. The summed E-state index contributed by atoms with van der Waals surface area (Å²) in [5.41, 5.74) is 1.51. The Bertz CT molecular complexity index is 698. The van der Waals surface area contributed by atoms with Crippen molar-refractivity contribution in [1.29, 1.82) is 0 Å². The Morgan fingerprint density at radius 1 is 1.26 bits per heavy atom. The molecule has 2 aromatic rings. The maximum Gasteiger partial charge on any atom is 0.255 e. The molecule has 6 heteroatoms. The van der Waals surface area contributed by atoms with Crippen molar-refractivity contribution >= 4 is 23.3 Å². The van der Waals surface area contributed by atoms with Gasteiger partial charge in [-0.15, -0.1) is 0 Å². The van der Waals surface area contributed by atoms with E-state index in [9.17, 15) is 4.79 Å². The highest BCUT2D eigenvalue weighted by atomic mass is 35.5. The molecule has 0 saturated carbocycles. The number of amides is 1. The molecule has 1 aliphatic rings. The Balaban J connectivity index is 1.58. The third-order valence-electron chi connectivity index (χ3n) is 4.04. The summed E-state index contributed by atoms with van der Waals surface area (Å²) in [6.45, 7) is 3.37. The van der Waals surface area contributed by atoms with E-state index >= 15 is 0 Å². The molecule has 1 N–H and O–H groups in total. The van der Waals surface area contributed by atoms with Crippen molar-refractivity contribution in [2.75, 3.05) is 18.4 Å². The first-order valence-electron chi connectivity index (χ1n) is 7.72. The van der Waals surface area contributed by atoms with Crippen LogP contribution in [0, 0.1) is 6.92 Å². The van der Waals surface area contributed by atoms with Gasteiger partial charge in [-0.25, -0.2) is 9.97 Å². The largest absolute Gasteiger partial charge is 0.367 e. The Kier molecular flexibility index (Phi) is 4.76. The van der Waals surface area contributed by atoms with Crippen LogP contribution in [-0.4, -0.2) is 39.9 Å². The molecular formula is C17H19ClN4O. The maximum absolute atomic E-state index is 12.5. The van der Waals surface area contributed by atoms with Crippen molar-refractivity contribution in [1.82, 2.24) is 14.9 Å². The molecule has 1 amide bonds. The van der Waals surface area contributed by atoms with Gasteiger partial charge in [-0.3, -0.25) is 4.79 Å². The van der Waals surface area contributed by atoms with E-state index in [1.165, 1.54) is 0 Å². The number of anilines is 1. The van der Waals surface area contributed by atoms with Crippen LogP contribution in [0.4, 0.5) is 5.82 Å². The normalized spacial score (nSPS) is 15.5. The van der Waals surface area contributed by atoms with Gasteiger partial charge in [-0.05, 0) is 31.9 Å². The molecule has 0 unspecified atom stereocenters. The molecule has 5 nitrogen and oxygen atoms in total. The van der Waals surface area contributed by atoms with E-state index in [0.717, 1.165) is 24.4 Å². The number of hydrogen-bond donors (Lipinski definition) is 1. The van der Waals surface area contributed by atoms with E-state index in [1.807, 2.05) is 30.0 Å². The lowest BCUT2D eigenvalue weighted by Gasteiger charge is -2.32. The minimum atomic E-state index is 0.00642. The van der Waals surface area contributed by atoms with Crippen molar-refractivity contribution < 1.29 is 4.79 Å². The predicted molar refractivity (Wildman–Crippen MR) is 90.8 cm³/mol. The maximum atomic E-state index is 12.5. The van der Waals surface area contributed by atoms with Crippen LogP contribution in [0.15, 0.2) is 36.7 Å². The van der Waals surface area contributed by atoms with Crippen LogP contribution in [0.5, 0.6) is 0 Å². The average Bonchev–Trinajstić information content (AvgIpc) is 2.55. The summed E-state index contributed by atoms with van der Waals surface area (Å²) in [7, 11) is 0. The first-order valence-corrected chi connectivity index (χ1v) is 8.10. The number of carbonyl (C=O) groups is 1. The summed E-state index contributed by atoms with van der Waals surface area (Å²) in [6.07, 6.45) is 3.34. The first kappa shape index (κ1) is 15.7. The molecule has 0 spiro atoms. The SMILES string of the molecule is Cc1cc(NC2CCN(C(=O)c3ccccc3Cl)CC2)ncn1. The zero-order chi connectivity index (χ0) is 16.2. The molecule has 0 bridgehead atoms. The highest BCUT2D eigenvalue weighted by Gasteiger charge is 2.24. The van der Waals surface area contributed by atoms with Gasteiger partial charge in [-0.1, -0.05) is 23.7 Å². The number of aryl methyl sites for hydroxylation is 1. The molecule has 23 heavy (non-hydrogen) atoms. The fourth-order valence-corrected chi connectivity index (χ4v) is 2.99. The van der Waals surface area contributed by atoms with E-state index in [-0.39, 0.29) is 5.91 Å². The van der Waals surface area contributed by atoms with Gasteiger partial charge in [0, 0.05) is 30.9 Å². The molecule has 1 aromatic heterocycles. The second-order valence-electron chi connectivity index (χ2n) is 5.74. The Morgan fingerprint density at radius 3 is 2.70 bits per heavy atom. The number of piperidine rings is 1. The molecular weight excluding hydrogens is 312 g/mol. The van der Waals surface area contributed by atoms with Crippen LogP contribution >= 0.6 is 11.6 Å². The van der Waals surface area contributed by atoms with Crippen molar-refractivity contribution in [2.24, 2.45) is 0 Å². The van der Waals surface area contributed by atoms with Crippen LogP contribution in [0.3, 0.4) is 0 Å². The monoisotopic (exact) mass is 330 g/mol. The fraction of sp³-hybridized carbons (Fsp3) is 0.353. The van der Waals surface area contributed by atoms with Crippen LogP contribution in [0.25, 0.3) is 0 Å². The Morgan fingerprint density at radius 2 is 2.00 bits per heavy atom. The zero-order valence-corrected chi connectivity index (χ0v) is 13.8. The van der Waals surface area contributed by atoms with Gasteiger partial charge in [0.1, 0.15) is 12.1 Å². The van der Waals surface area contributed by atoms with Gasteiger partial charge in [0.25, 0.3) is 5.91 Å². The quantitative estimate of drug-likeness (QED) is 0.939. The number of nitrogens with one attached hydrogen (secondary N) is 1. The summed E-state index contributed by atoms with van der Waals surface area (Å²) < 4.78 is 0. The number of likely N-dealkylation sites (tertiary alicyclic amines) is 1. The summed E-state index contributed by atoms with van der Waals surface area (Å²) >= 11 is 6.12.